The van der Waals surface area contributed by atoms with Crippen LogP contribution in [0.2, 0.25) is 0 Å². The fraction of sp³-hybridized carbons (Fsp3) is 0.632. The zero-order valence-electron chi connectivity index (χ0n) is 15.0. The standard InChI is InChI=1S/C19H32N4/c1-4-20-19(23-14-8-9-15-23)21-13-12-17(2)22(3)16-18-10-6-5-7-11-18/h5-7,10-11,17H,4,8-9,12-16H2,1-3H3,(H,20,21). The molecule has 0 spiro atoms. The van der Waals surface area contributed by atoms with Crippen molar-refractivity contribution in [3.8, 4) is 0 Å². The van der Waals surface area contributed by atoms with Crippen molar-refractivity contribution in [1.82, 2.24) is 15.1 Å². The van der Waals surface area contributed by atoms with E-state index < -0.39 is 0 Å². The van der Waals surface area contributed by atoms with Crippen molar-refractivity contribution in [1.29, 1.82) is 0 Å². The molecule has 2 rings (SSSR count). The first kappa shape index (κ1) is 17.8. The zero-order chi connectivity index (χ0) is 16.5. The van der Waals surface area contributed by atoms with Crippen molar-refractivity contribution in [3.63, 3.8) is 0 Å². The van der Waals surface area contributed by atoms with E-state index in [-0.39, 0.29) is 0 Å². The third-order valence-corrected chi connectivity index (χ3v) is 4.58. The number of hydrogen-bond donors (Lipinski definition) is 1. The van der Waals surface area contributed by atoms with Crippen molar-refractivity contribution >= 4 is 5.96 Å². The minimum atomic E-state index is 0.528. The van der Waals surface area contributed by atoms with E-state index in [2.05, 4.69) is 66.3 Å². The molecule has 1 heterocycles. The van der Waals surface area contributed by atoms with Crippen LogP contribution in [0.5, 0.6) is 0 Å². The third kappa shape index (κ3) is 5.87. The first-order valence-corrected chi connectivity index (χ1v) is 8.98. The number of guanidine groups is 1. The molecule has 0 amide bonds. The van der Waals surface area contributed by atoms with E-state index in [1.165, 1.54) is 18.4 Å². The summed E-state index contributed by atoms with van der Waals surface area (Å²) in [6.07, 6.45) is 3.67. The van der Waals surface area contributed by atoms with Crippen LogP contribution in [0.3, 0.4) is 0 Å². The largest absolute Gasteiger partial charge is 0.357 e. The van der Waals surface area contributed by atoms with Crippen LogP contribution in [0.15, 0.2) is 35.3 Å². The molecule has 1 atom stereocenters. The van der Waals surface area contributed by atoms with Gasteiger partial charge in [0.25, 0.3) is 0 Å². The van der Waals surface area contributed by atoms with E-state index in [1.807, 2.05) is 0 Å². The quantitative estimate of drug-likeness (QED) is 0.620. The number of benzene rings is 1. The van der Waals surface area contributed by atoms with Crippen molar-refractivity contribution in [2.75, 3.05) is 33.2 Å². The highest BCUT2D eigenvalue weighted by Gasteiger charge is 2.15. The Morgan fingerprint density at radius 3 is 2.61 bits per heavy atom. The van der Waals surface area contributed by atoms with Crippen LogP contribution in [-0.2, 0) is 6.54 Å². The molecule has 1 aliphatic heterocycles. The highest BCUT2D eigenvalue weighted by molar-refractivity contribution is 5.80. The maximum absolute atomic E-state index is 4.83. The van der Waals surface area contributed by atoms with E-state index in [9.17, 15) is 0 Å². The summed E-state index contributed by atoms with van der Waals surface area (Å²) >= 11 is 0. The lowest BCUT2D eigenvalue weighted by Gasteiger charge is -2.25. The molecule has 1 unspecified atom stereocenters. The fourth-order valence-electron chi connectivity index (χ4n) is 2.96. The Balaban J connectivity index is 1.79. The van der Waals surface area contributed by atoms with Crippen LogP contribution in [0, 0.1) is 0 Å². The van der Waals surface area contributed by atoms with Gasteiger partial charge in [-0.2, -0.15) is 0 Å². The average molecular weight is 316 g/mol. The highest BCUT2D eigenvalue weighted by Crippen LogP contribution is 2.10. The summed E-state index contributed by atoms with van der Waals surface area (Å²) in [6.45, 7) is 9.56. The maximum atomic E-state index is 4.83. The Hall–Kier alpha value is -1.55. The number of aliphatic imine (C=N–C) groups is 1. The predicted octanol–water partition coefficient (Wildman–Crippen LogP) is 2.96. The van der Waals surface area contributed by atoms with Gasteiger partial charge in [0, 0.05) is 38.8 Å². The Morgan fingerprint density at radius 2 is 1.96 bits per heavy atom. The lowest BCUT2D eigenvalue weighted by molar-refractivity contribution is 0.240. The number of nitrogens with one attached hydrogen (secondary N) is 1. The van der Waals surface area contributed by atoms with Crippen LogP contribution < -0.4 is 5.32 Å². The summed E-state index contributed by atoms with van der Waals surface area (Å²) in [5.74, 6) is 1.10. The van der Waals surface area contributed by atoms with Gasteiger partial charge < -0.3 is 10.2 Å². The van der Waals surface area contributed by atoms with Crippen molar-refractivity contribution in [3.05, 3.63) is 35.9 Å². The maximum Gasteiger partial charge on any atom is 0.193 e. The summed E-state index contributed by atoms with van der Waals surface area (Å²) in [5.41, 5.74) is 1.37. The molecule has 128 valence electrons. The first-order chi connectivity index (χ1) is 11.2. The van der Waals surface area contributed by atoms with Crippen LogP contribution in [0.4, 0.5) is 0 Å². The van der Waals surface area contributed by atoms with Crippen molar-refractivity contribution < 1.29 is 0 Å². The smallest absolute Gasteiger partial charge is 0.193 e. The Labute approximate surface area is 141 Å². The normalized spacial score (nSPS) is 16.9. The molecule has 4 heteroatoms. The van der Waals surface area contributed by atoms with Gasteiger partial charge in [0.2, 0.25) is 0 Å². The molecule has 1 saturated heterocycles. The molecule has 0 radical (unpaired) electrons. The minimum Gasteiger partial charge on any atom is -0.357 e. The number of hydrogen-bond acceptors (Lipinski definition) is 2. The van der Waals surface area contributed by atoms with E-state index >= 15 is 0 Å². The summed E-state index contributed by atoms with van der Waals surface area (Å²) in [7, 11) is 2.20. The fourth-order valence-corrected chi connectivity index (χ4v) is 2.96. The van der Waals surface area contributed by atoms with Crippen LogP contribution in [0.25, 0.3) is 0 Å². The Morgan fingerprint density at radius 1 is 1.26 bits per heavy atom. The molecule has 1 aliphatic rings. The summed E-state index contributed by atoms with van der Waals surface area (Å²) in [4.78, 5) is 9.63. The van der Waals surface area contributed by atoms with Gasteiger partial charge in [-0.1, -0.05) is 30.3 Å². The number of likely N-dealkylation sites (tertiary alicyclic amines) is 1. The summed E-state index contributed by atoms with van der Waals surface area (Å²) in [6, 6.07) is 11.2. The van der Waals surface area contributed by atoms with Gasteiger partial charge in [0.15, 0.2) is 5.96 Å². The van der Waals surface area contributed by atoms with Gasteiger partial charge in [0.05, 0.1) is 0 Å². The second-order valence-electron chi connectivity index (χ2n) is 6.47. The average Bonchev–Trinajstić information content (AvgIpc) is 3.09. The van der Waals surface area contributed by atoms with E-state index in [0.717, 1.165) is 45.1 Å². The molecule has 1 aromatic rings. The Bertz CT molecular complexity index is 466. The molecule has 0 aliphatic carbocycles. The summed E-state index contributed by atoms with van der Waals surface area (Å²) in [5, 5.41) is 3.43. The molecule has 0 aromatic heterocycles. The molecule has 23 heavy (non-hydrogen) atoms. The molecule has 1 aromatic carbocycles. The molecule has 0 saturated carbocycles. The molecule has 1 fully saturated rings. The van der Waals surface area contributed by atoms with Gasteiger partial charge in [0.1, 0.15) is 0 Å². The molecule has 4 nitrogen and oxygen atoms in total. The molecular formula is C19H32N4. The van der Waals surface area contributed by atoms with Gasteiger partial charge >= 0.3 is 0 Å². The van der Waals surface area contributed by atoms with Crippen molar-refractivity contribution in [2.45, 2.75) is 45.7 Å². The SMILES string of the molecule is CCNC(=NCCC(C)N(C)Cc1ccccc1)N1CCCC1. The van der Waals surface area contributed by atoms with E-state index in [0.29, 0.717) is 6.04 Å². The van der Waals surface area contributed by atoms with Gasteiger partial charge in [-0.25, -0.2) is 0 Å². The van der Waals surface area contributed by atoms with Crippen LogP contribution in [-0.4, -0.2) is 55.0 Å². The lowest BCUT2D eigenvalue weighted by atomic mass is 10.1. The molecule has 1 N–H and O–H groups in total. The lowest BCUT2D eigenvalue weighted by Crippen LogP contribution is -2.40. The van der Waals surface area contributed by atoms with Crippen LogP contribution in [0.1, 0.15) is 38.7 Å². The monoisotopic (exact) mass is 316 g/mol. The Kier molecular flexibility index (Phi) is 7.40. The number of rotatable bonds is 7. The highest BCUT2D eigenvalue weighted by atomic mass is 15.3. The topological polar surface area (TPSA) is 30.9 Å². The molecular weight excluding hydrogens is 284 g/mol. The third-order valence-electron chi connectivity index (χ3n) is 4.58. The second-order valence-corrected chi connectivity index (χ2v) is 6.47. The second kappa shape index (κ2) is 9.56. The van der Waals surface area contributed by atoms with Gasteiger partial charge in [-0.3, -0.25) is 9.89 Å². The molecule has 0 bridgehead atoms. The zero-order valence-corrected chi connectivity index (χ0v) is 15.0. The predicted molar refractivity (Wildman–Crippen MR) is 98.8 cm³/mol. The van der Waals surface area contributed by atoms with Crippen molar-refractivity contribution in [2.24, 2.45) is 4.99 Å². The number of nitrogens with zero attached hydrogens (tertiary/aromatic N) is 3. The van der Waals surface area contributed by atoms with Gasteiger partial charge in [-0.15, -0.1) is 0 Å². The van der Waals surface area contributed by atoms with E-state index in [4.69, 9.17) is 4.99 Å². The van der Waals surface area contributed by atoms with Crippen LogP contribution >= 0.6 is 0 Å². The minimum absolute atomic E-state index is 0.528. The van der Waals surface area contributed by atoms with Gasteiger partial charge in [-0.05, 0) is 45.7 Å². The first-order valence-electron chi connectivity index (χ1n) is 8.98. The van der Waals surface area contributed by atoms with E-state index in [1.54, 1.807) is 0 Å². The summed E-state index contributed by atoms with van der Waals surface area (Å²) < 4.78 is 0.